The average Bonchev–Trinajstić information content (AvgIpc) is 2.65. The summed E-state index contributed by atoms with van der Waals surface area (Å²) in [5, 5.41) is -0.927. The molecule has 1 heterocycles. The third kappa shape index (κ3) is 3.68. The Balaban J connectivity index is 2.37. The number of rotatable bonds is 5. The van der Waals surface area contributed by atoms with Gasteiger partial charge in [-0.2, -0.15) is 0 Å². The monoisotopic (exact) mass is 348 g/mol. The molecule has 1 unspecified atom stereocenters. The molecule has 0 amide bonds. The number of methoxy groups -OCH3 is 3. The first kappa shape index (κ1) is 17.8. The lowest BCUT2D eigenvalue weighted by molar-refractivity contribution is -0.150. The summed E-state index contributed by atoms with van der Waals surface area (Å²) in [6, 6.07) is 7.27. The van der Waals surface area contributed by atoms with E-state index in [1.54, 1.807) is 25.3 Å². The highest BCUT2D eigenvalue weighted by atomic mass is 32.2. The van der Waals surface area contributed by atoms with Crippen LogP contribution in [0.5, 0.6) is 5.75 Å². The van der Waals surface area contributed by atoms with Crippen LogP contribution in [0, 0.1) is 0 Å². The van der Waals surface area contributed by atoms with Crippen LogP contribution in [-0.2, 0) is 23.9 Å². The molecular formula is C17H16O6S. The lowest BCUT2D eigenvalue weighted by Crippen LogP contribution is -2.31. The molecule has 0 bridgehead atoms. The molecule has 0 aromatic heterocycles. The van der Waals surface area contributed by atoms with Gasteiger partial charge in [0.1, 0.15) is 11.0 Å². The normalized spacial score (nSPS) is 16.5. The minimum atomic E-state index is -1.02. The van der Waals surface area contributed by atoms with Crippen LogP contribution < -0.4 is 4.74 Å². The molecular weight excluding hydrogens is 332 g/mol. The van der Waals surface area contributed by atoms with E-state index >= 15 is 0 Å². The number of hydrogen-bond acceptors (Lipinski definition) is 7. The fraction of sp³-hybridized carbons (Fsp3) is 0.235. The van der Waals surface area contributed by atoms with Crippen molar-refractivity contribution < 1.29 is 28.6 Å². The van der Waals surface area contributed by atoms with Gasteiger partial charge in [-0.25, -0.2) is 4.79 Å². The Hall–Kier alpha value is -2.54. The van der Waals surface area contributed by atoms with Gasteiger partial charge >= 0.3 is 11.9 Å². The molecule has 0 saturated heterocycles. The molecule has 1 aliphatic rings. The van der Waals surface area contributed by atoms with Crippen molar-refractivity contribution in [3.05, 3.63) is 47.6 Å². The van der Waals surface area contributed by atoms with Crippen LogP contribution >= 0.6 is 11.8 Å². The lowest BCUT2D eigenvalue weighted by Gasteiger charge is -2.21. The number of hydrogen-bond donors (Lipinski definition) is 0. The number of allylic oxidation sites excluding steroid dienone is 2. The molecule has 0 aliphatic carbocycles. The molecule has 0 radical (unpaired) electrons. The zero-order valence-corrected chi connectivity index (χ0v) is 14.2. The van der Waals surface area contributed by atoms with E-state index in [1.165, 1.54) is 13.2 Å². The van der Waals surface area contributed by atoms with Crippen molar-refractivity contribution in [2.24, 2.45) is 0 Å². The van der Waals surface area contributed by atoms with Gasteiger partial charge in [-0.1, -0.05) is 18.2 Å². The van der Waals surface area contributed by atoms with E-state index in [9.17, 15) is 14.4 Å². The molecule has 1 aromatic rings. The summed E-state index contributed by atoms with van der Waals surface area (Å²) < 4.78 is 14.3. The Kier molecular flexibility index (Phi) is 5.81. The second-order valence-electron chi connectivity index (χ2n) is 4.72. The predicted octanol–water partition coefficient (Wildman–Crippen LogP) is 1.99. The summed E-state index contributed by atoms with van der Waals surface area (Å²) in [5.41, 5.74) is 0.895. The highest BCUT2D eigenvalue weighted by Gasteiger charge is 2.35. The number of benzene rings is 1. The number of carbonyl (C=O) groups excluding carboxylic acids is 3. The third-order valence-corrected chi connectivity index (χ3v) is 4.67. The summed E-state index contributed by atoms with van der Waals surface area (Å²) in [5.74, 6) is -1.77. The summed E-state index contributed by atoms with van der Waals surface area (Å²) in [7, 11) is 3.92. The molecule has 24 heavy (non-hydrogen) atoms. The fourth-order valence-electron chi connectivity index (χ4n) is 2.09. The van der Waals surface area contributed by atoms with E-state index in [0.717, 1.165) is 29.3 Å². The molecule has 126 valence electrons. The first-order valence-corrected chi connectivity index (χ1v) is 7.83. The Morgan fingerprint density at radius 1 is 0.958 bits per heavy atom. The van der Waals surface area contributed by atoms with E-state index < -0.39 is 23.0 Å². The number of thioether (sulfide) groups is 1. The number of ketones is 1. The van der Waals surface area contributed by atoms with Crippen LogP contribution in [0.2, 0.25) is 0 Å². The number of Topliss-reactive ketones (excluding diaryl/α,β-unsaturated/α-hetero) is 1. The minimum absolute atomic E-state index is 0.0379. The van der Waals surface area contributed by atoms with Crippen LogP contribution in [0.25, 0.3) is 4.91 Å². The SMILES string of the molecule is COC(=O)C(=O)C1=CC=C(c2ccc(OC)cc2)SC1C(=O)OC. The summed E-state index contributed by atoms with van der Waals surface area (Å²) >= 11 is 1.14. The second kappa shape index (κ2) is 7.83. The highest BCUT2D eigenvalue weighted by Crippen LogP contribution is 2.39. The van der Waals surface area contributed by atoms with Gasteiger partial charge in [0.15, 0.2) is 0 Å². The summed E-state index contributed by atoms with van der Waals surface area (Å²) in [6.45, 7) is 0. The van der Waals surface area contributed by atoms with Crippen molar-refractivity contribution in [2.75, 3.05) is 21.3 Å². The van der Waals surface area contributed by atoms with Gasteiger partial charge in [0, 0.05) is 10.5 Å². The Morgan fingerprint density at radius 2 is 1.62 bits per heavy atom. The van der Waals surface area contributed by atoms with Crippen LogP contribution in [0.15, 0.2) is 42.0 Å². The maximum Gasteiger partial charge on any atom is 0.379 e. The van der Waals surface area contributed by atoms with Gasteiger partial charge in [-0.3, -0.25) is 9.59 Å². The van der Waals surface area contributed by atoms with E-state index in [2.05, 4.69) is 4.74 Å². The smallest absolute Gasteiger partial charge is 0.379 e. The van der Waals surface area contributed by atoms with Crippen molar-refractivity contribution in [3.63, 3.8) is 0 Å². The van der Waals surface area contributed by atoms with Gasteiger partial charge < -0.3 is 14.2 Å². The average molecular weight is 348 g/mol. The minimum Gasteiger partial charge on any atom is -0.497 e. The fourth-order valence-corrected chi connectivity index (χ4v) is 3.27. The van der Waals surface area contributed by atoms with Crippen LogP contribution in [0.3, 0.4) is 0 Å². The lowest BCUT2D eigenvalue weighted by atomic mass is 10.1. The number of carbonyl (C=O) groups is 3. The topological polar surface area (TPSA) is 78.9 Å². The van der Waals surface area contributed by atoms with Crippen molar-refractivity contribution in [1.29, 1.82) is 0 Å². The van der Waals surface area contributed by atoms with E-state index in [-0.39, 0.29) is 5.57 Å². The summed E-state index contributed by atoms with van der Waals surface area (Å²) in [6.07, 6.45) is 3.14. The van der Waals surface area contributed by atoms with Gasteiger partial charge in [-0.05, 0) is 23.8 Å². The van der Waals surface area contributed by atoms with Crippen LogP contribution in [0.4, 0.5) is 0 Å². The van der Waals surface area contributed by atoms with Gasteiger partial charge in [0.05, 0.1) is 21.3 Å². The molecule has 2 rings (SSSR count). The van der Waals surface area contributed by atoms with Crippen LogP contribution in [-0.4, -0.2) is 44.3 Å². The molecule has 7 heteroatoms. The Labute approximate surface area is 143 Å². The molecule has 0 spiro atoms. The first-order valence-electron chi connectivity index (χ1n) is 6.95. The predicted molar refractivity (Wildman–Crippen MR) is 89.5 cm³/mol. The largest absolute Gasteiger partial charge is 0.497 e. The van der Waals surface area contributed by atoms with E-state index in [4.69, 9.17) is 9.47 Å². The molecule has 6 nitrogen and oxygen atoms in total. The maximum absolute atomic E-state index is 12.1. The van der Waals surface area contributed by atoms with Crippen molar-refractivity contribution in [3.8, 4) is 5.75 Å². The second-order valence-corrected chi connectivity index (χ2v) is 5.87. The van der Waals surface area contributed by atoms with Gasteiger partial charge in [0.2, 0.25) is 0 Å². The van der Waals surface area contributed by atoms with Crippen molar-refractivity contribution in [1.82, 2.24) is 0 Å². The Bertz CT molecular complexity index is 717. The van der Waals surface area contributed by atoms with Crippen molar-refractivity contribution in [2.45, 2.75) is 5.25 Å². The molecule has 0 saturated carbocycles. The molecule has 0 N–H and O–H groups in total. The van der Waals surface area contributed by atoms with Crippen LogP contribution in [0.1, 0.15) is 5.56 Å². The maximum atomic E-state index is 12.1. The van der Waals surface area contributed by atoms with Gasteiger partial charge in [0.25, 0.3) is 5.78 Å². The van der Waals surface area contributed by atoms with Gasteiger partial charge in [-0.15, -0.1) is 11.8 Å². The number of esters is 2. The van der Waals surface area contributed by atoms with E-state index in [1.807, 2.05) is 12.1 Å². The van der Waals surface area contributed by atoms with E-state index in [0.29, 0.717) is 5.75 Å². The zero-order valence-electron chi connectivity index (χ0n) is 13.4. The number of ether oxygens (including phenoxy) is 3. The third-order valence-electron chi connectivity index (χ3n) is 3.36. The zero-order chi connectivity index (χ0) is 17.7. The molecule has 1 aromatic carbocycles. The Morgan fingerprint density at radius 3 is 2.17 bits per heavy atom. The molecule has 0 fully saturated rings. The first-order chi connectivity index (χ1) is 11.5. The highest BCUT2D eigenvalue weighted by molar-refractivity contribution is 8.09. The van der Waals surface area contributed by atoms with Crippen molar-refractivity contribution >= 4 is 34.4 Å². The standard InChI is InChI=1S/C17H16O6S/c1-21-11-6-4-10(5-7-11)13-9-8-12(14(18)16(19)22-2)15(24-13)17(20)23-3/h4-9,15H,1-3H3. The molecule has 1 aliphatic heterocycles. The molecule has 1 atom stereocenters. The quantitative estimate of drug-likeness (QED) is 0.595. The summed E-state index contributed by atoms with van der Waals surface area (Å²) in [4.78, 5) is 36.4.